The van der Waals surface area contributed by atoms with Crippen LogP contribution in [0.15, 0.2) is 0 Å². The molecular formula is C9H12N4O3. The van der Waals surface area contributed by atoms with Crippen molar-refractivity contribution in [2.75, 3.05) is 0 Å². The number of hydrogen-bond acceptors (Lipinski definition) is 4. The highest BCUT2D eigenvalue weighted by Gasteiger charge is 2.31. The molecule has 2 heterocycles. The van der Waals surface area contributed by atoms with Gasteiger partial charge in [-0.15, -0.1) is 5.10 Å². The number of rotatable bonds is 3. The van der Waals surface area contributed by atoms with Crippen LogP contribution in [0, 0.1) is 0 Å². The van der Waals surface area contributed by atoms with E-state index in [4.69, 9.17) is 5.11 Å². The average molecular weight is 224 g/mol. The molecule has 1 atom stereocenters. The van der Waals surface area contributed by atoms with Crippen LogP contribution in [0.5, 0.6) is 0 Å². The predicted molar refractivity (Wildman–Crippen MR) is 53.1 cm³/mol. The van der Waals surface area contributed by atoms with Gasteiger partial charge in [0.05, 0.1) is 6.54 Å². The largest absolute Gasteiger partial charge is 0.476 e. The van der Waals surface area contributed by atoms with Crippen LogP contribution < -0.4 is 5.32 Å². The van der Waals surface area contributed by atoms with Crippen molar-refractivity contribution >= 4 is 11.9 Å². The smallest absolute Gasteiger partial charge is 0.358 e. The zero-order chi connectivity index (χ0) is 11.7. The standard InChI is InChI=1S/C9H12N4O3/c1-2-3-5-4-13-7(8(14)10-5)6(9(15)16)11-12-13/h5H,2-4H2,1H3,(H,10,14)(H,15,16)/t5-/m1/s1. The molecule has 2 N–H and O–H groups in total. The van der Waals surface area contributed by atoms with Crippen LogP contribution in [0.1, 0.15) is 40.7 Å². The first-order valence-electron chi connectivity index (χ1n) is 5.11. The van der Waals surface area contributed by atoms with E-state index in [2.05, 4.69) is 15.6 Å². The first-order valence-corrected chi connectivity index (χ1v) is 5.11. The molecule has 0 spiro atoms. The molecule has 0 saturated heterocycles. The maximum Gasteiger partial charge on any atom is 0.358 e. The number of aromatic carboxylic acids is 1. The van der Waals surface area contributed by atoms with Crippen LogP contribution in [0.25, 0.3) is 0 Å². The second kappa shape index (κ2) is 3.92. The minimum Gasteiger partial charge on any atom is -0.476 e. The first-order chi connectivity index (χ1) is 7.63. The van der Waals surface area contributed by atoms with Crippen LogP contribution >= 0.6 is 0 Å². The molecule has 0 aliphatic carbocycles. The molecule has 0 radical (unpaired) electrons. The van der Waals surface area contributed by atoms with Gasteiger partial charge in [0.2, 0.25) is 5.69 Å². The Bertz CT molecular complexity index is 440. The van der Waals surface area contributed by atoms with Gasteiger partial charge < -0.3 is 10.4 Å². The third-order valence-corrected chi connectivity index (χ3v) is 2.52. The summed E-state index contributed by atoms with van der Waals surface area (Å²) < 4.78 is 1.36. The van der Waals surface area contributed by atoms with Gasteiger partial charge in [-0.1, -0.05) is 18.6 Å². The Morgan fingerprint density at radius 2 is 2.44 bits per heavy atom. The van der Waals surface area contributed by atoms with Crippen molar-refractivity contribution in [1.29, 1.82) is 0 Å². The minimum absolute atomic E-state index is 0.00773. The van der Waals surface area contributed by atoms with Crippen LogP contribution in [-0.2, 0) is 6.54 Å². The Labute approximate surface area is 91.4 Å². The highest BCUT2D eigenvalue weighted by Crippen LogP contribution is 2.13. The van der Waals surface area contributed by atoms with E-state index in [1.807, 2.05) is 6.92 Å². The number of carbonyl (C=O) groups excluding carboxylic acids is 1. The van der Waals surface area contributed by atoms with E-state index in [-0.39, 0.29) is 17.4 Å². The number of carboxylic acid groups (broad SMARTS) is 1. The van der Waals surface area contributed by atoms with Crippen LogP contribution in [-0.4, -0.2) is 38.0 Å². The SMILES string of the molecule is CCC[C@@H]1Cn2nnc(C(=O)O)c2C(=O)N1. The van der Waals surface area contributed by atoms with E-state index in [9.17, 15) is 9.59 Å². The summed E-state index contributed by atoms with van der Waals surface area (Å²) in [5, 5.41) is 18.8. The van der Waals surface area contributed by atoms with Gasteiger partial charge in [0, 0.05) is 6.04 Å². The summed E-state index contributed by atoms with van der Waals surface area (Å²) in [5.41, 5.74) is -0.243. The predicted octanol–water partition coefficient (Wildman–Crippen LogP) is -0.112. The summed E-state index contributed by atoms with van der Waals surface area (Å²) in [6.07, 6.45) is 1.79. The first kappa shape index (κ1) is 10.6. The van der Waals surface area contributed by atoms with Gasteiger partial charge in [-0.25, -0.2) is 9.48 Å². The Balaban J connectivity index is 2.32. The number of fused-ring (bicyclic) bond motifs is 1. The number of amides is 1. The molecule has 16 heavy (non-hydrogen) atoms. The maximum atomic E-state index is 11.7. The van der Waals surface area contributed by atoms with Gasteiger partial charge in [-0.3, -0.25) is 4.79 Å². The lowest BCUT2D eigenvalue weighted by Gasteiger charge is -2.23. The molecule has 7 nitrogen and oxygen atoms in total. The summed E-state index contributed by atoms with van der Waals surface area (Å²) in [5.74, 6) is -1.64. The number of carbonyl (C=O) groups is 2. The lowest BCUT2D eigenvalue weighted by molar-refractivity contribution is 0.0681. The third kappa shape index (κ3) is 1.64. The monoisotopic (exact) mass is 224 g/mol. The van der Waals surface area contributed by atoms with E-state index < -0.39 is 11.9 Å². The lowest BCUT2D eigenvalue weighted by Crippen LogP contribution is -2.44. The Morgan fingerprint density at radius 3 is 3.06 bits per heavy atom. The van der Waals surface area contributed by atoms with Crippen LogP contribution in [0.3, 0.4) is 0 Å². The van der Waals surface area contributed by atoms with Crippen molar-refractivity contribution in [3.05, 3.63) is 11.4 Å². The van der Waals surface area contributed by atoms with Gasteiger partial charge >= 0.3 is 5.97 Å². The van der Waals surface area contributed by atoms with Gasteiger partial charge in [-0.2, -0.15) is 0 Å². The van der Waals surface area contributed by atoms with E-state index in [1.54, 1.807) is 0 Å². The summed E-state index contributed by atoms with van der Waals surface area (Å²) in [4.78, 5) is 22.5. The number of aromatic nitrogens is 3. The van der Waals surface area contributed by atoms with Crippen molar-refractivity contribution in [1.82, 2.24) is 20.3 Å². The van der Waals surface area contributed by atoms with Gasteiger partial charge in [0.15, 0.2) is 5.69 Å². The molecule has 2 rings (SSSR count). The van der Waals surface area contributed by atoms with Crippen molar-refractivity contribution < 1.29 is 14.7 Å². The second-order valence-corrected chi connectivity index (χ2v) is 3.73. The topological polar surface area (TPSA) is 97.1 Å². The molecule has 0 bridgehead atoms. The van der Waals surface area contributed by atoms with E-state index in [1.165, 1.54) is 4.68 Å². The second-order valence-electron chi connectivity index (χ2n) is 3.73. The van der Waals surface area contributed by atoms with Crippen molar-refractivity contribution in [3.63, 3.8) is 0 Å². The highest BCUT2D eigenvalue weighted by atomic mass is 16.4. The Morgan fingerprint density at radius 1 is 1.69 bits per heavy atom. The molecule has 1 aliphatic heterocycles. The third-order valence-electron chi connectivity index (χ3n) is 2.52. The number of carboxylic acids is 1. The molecule has 1 aromatic heterocycles. The van der Waals surface area contributed by atoms with Gasteiger partial charge in [0.25, 0.3) is 5.91 Å². The fourth-order valence-corrected chi connectivity index (χ4v) is 1.83. The molecule has 0 aromatic carbocycles. The molecular weight excluding hydrogens is 212 g/mol. The van der Waals surface area contributed by atoms with E-state index in [0.717, 1.165) is 12.8 Å². The Hall–Kier alpha value is -1.92. The average Bonchev–Trinajstić information content (AvgIpc) is 2.62. The highest BCUT2D eigenvalue weighted by molar-refractivity contribution is 6.02. The molecule has 1 aliphatic rings. The summed E-state index contributed by atoms with van der Waals surface area (Å²) in [6.45, 7) is 2.50. The normalized spacial score (nSPS) is 19.1. The fourth-order valence-electron chi connectivity index (χ4n) is 1.83. The minimum atomic E-state index is -1.23. The molecule has 0 saturated carbocycles. The van der Waals surface area contributed by atoms with Gasteiger partial charge in [0.1, 0.15) is 0 Å². The molecule has 1 aromatic rings. The van der Waals surface area contributed by atoms with Crippen molar-refractivity contribution in [3.8, 4) is 0 Å². The summed E-state index contributed by atoms with van der Waals surface area (Å²) >= 11 is 0. The Kier molecular flexibility index (Phi) is 2.59. The van der Waals surface area contributed by atoms with Gasteiger partial charge in [-0.05, 0) is 6.42 Å². The maximum absolute atomic E-state index is 11.7. The zero-order valence-corrected chi connectivity index (χ0v) is 8.80. The van der Waals surface area contributed by atoms with Crippen LogP contribution in [0.4, 0.5) is 0 Å². The van der Waals surface area contributed by atoms with E-state index in [0.29, 0.717) is 6.54 Å². The molecule has 0 unspecified atom stereocenters. The van der Waals surface area contributed by atoms with Crippen molar-refractivity contribution in [2.24, 2.45) is 0 Å². The quantitative estimate of drug-likeness (QED) is 0.746. The summed E-state index contributed by atoms with van der Waals surface area (Å²) in [6, 6.07) is 0.00773. The number of hydrogen-bond donors (Lipinski definition) is 2. The van der Waals surface area contributed by atoms with Crippen LogP contribution in [0.2, 0.25) is 0 Å². The van der Waals surface area contributed by atoms with Crippen molar-refractivity contribution in [2.45, 2.75) is 32.4 Å². The molecule has 86 valence electrons. The number of nitrogens with one attached hydrogen (secondary N) is 1. The molecule has 7 heteroatoms. The molecule has 1 amide bonds. The van der Waals surface area contributed by atoms with E-state index >= 15 is 0 Å². The number of nitrogens with zero attached hydrogens (tertiary/aromatic N) is 3. The summed E-state index contributed by atoms with van der Waals surface area (Å²) in [7, 11) is 0. The fraction of sp³-hybridized carbons (Fsp3) is 0.556. The molecule has 0 fully saturated rings. The zero-order valence-electron chi connectivity index (χ0n) is 8.80. The lowest BCUT2D eigenvalue weighted by atomic mass is 10.1.